The van der Waals surface area contributed by atoms with Crippen molar-refractivity contribution in [2.75, 3.05) is 35.2 Å². The Morgan fingerprint density at radius 1 is 0.970 bits per heavy atom. The minimum absolute atomic E-state index is 0.116. The van der Waals surface area contributed by atoms with Crippen LogP contribution in [0.25, 0.3) is 0 Å². The lowest BCUT2D eigenvalue weighted by Crippen LogP contribution is -2.30. The van der Waals surface area contributed by atoms with Crippen LogP contribution in [0.4, 0.5) is 30.2 Å². The molecule has 1 unspecified atom stereocenters. The SMILES string of the molecule is O=C(Nc1cc(C(F)(F)F)ccc1N1CCCCC1)c1cccc(NC(=O)C2CCCO2)c1. The second-order valence-electron chi connectivity index (χ2n) is 8.30. The molecule has 9 heteroatoms. The quantitative estimate of drug-likeness (QED) is 0.653. The molecule has 2 aliphatic heterocycles. The summed E-state index contributed by atoms with van der Waals surface area (Å²) in [5, 5.41) is 5.39. The van der Waals surface area contributed by atoms with Crippen molar-refractivity contribution in [2.24, 2.45) is 0 Å². The lowest BCUT2D eigenvalue weighted by atomic mass is 10.1. The molecule has 0 bridgehead atoms. The highest BCUT2D eigenvalue weighted by Gasteiger charge is 2.32. The smallest absolute Gasteiger partial charge is 0.370 e. The fourth-order valence-corrected chi connectivity index (χ4v) is 4.16. The molecule has 176 valence electrons. The first-order valence-electron chi connectivity index (χ1n) is 11.1. The summed E-state index contributed by atoms with van der Waals surface area (Å²) in [5.41, 5.74) is 0.506. The molecule has 1 atom stereocenters. The van der Waals surface area contributed by atoms with Gasteiger partial charge in [0.2, 0.25) is 0 Å². The zero-order chi connectivity index (χ0) is 23.4. The summed E-state index contributed by atoms with van der Waals surface area (Å²) in [6.07, 6.45) is -0.616. The normalized spacial score (nSPS) is 18.8. The third kappa shape index (κ3) is 5.65. The first kappa shape index (κ1) is 23.1. The van der Waals surface area contributed by atoms with Crippen LogP contribution < -0.4 is 15.5 Å². The summed E-state index contributed by atoms with van der Waals surface area (Å²) in [6.45, 7) is 1.98. The predicted octanol–water partition coefficient (Wildman–Crippen LogP) is 5.07. The standard InChI is InChI=1S/C24H26F3N3O3/c25-24(26,27)17-9-10-20(30-11-2-1-3-12-30)19(15-17)29-22(31)16-6-4-7-18(14-16)28-23(32)21-8-5-13-33-21/h4,6-7,9-10,14-15,21H,1-3,5,8,11-13H2,(H,28,32)(H,29,31). The fourth-order valence-electron chi connectivity index (χ4n) is 4.16. The third-order valence-electron chi connectivity index (χ3n) is 5.88. The molecule has 2 saturated heterocycles. The molecule has 6 nitrogen and oxygen atoms in total. The maximum Gasteiger partial charge on any atom is 0.416 e. The van der Waals surface area contributed by atoms with Crippen LogP contribution in [0.5, 0.6) is 0 Å². The van der Waals surface area contributed by atoms with Crippen molar-refractivity contribution >= 4 is 28.9 Å². The van der Waals surface area contributed by atoms with E-state index in [1.54, 1.807) is 18.2 Å². The van der Waals surface area contributed by atoms with Crippen molar-refractivity contribution in [1.29, 1.82) is 0 Å². The highest BCUT2D eigenvalue weighted by molar-refractivity contribution is 6.07. The Hall–Kier alpha value is -3.07. The van der Waals surface area contributed by atoms with Crippen LogP contribution in [-0.4, -0.2) is 37.6 Å². The molecule has 2 fully saturated rings. The molecule has 2 aliphatic rings. The first-order valence-corrected chi connectivity index (χ1v) is 11.1. The molecule has 0 aromatic heterocycles. The van der Waals surface area contributed by atoms with E-state index in [1.165, 1.54) is 12.1 Å². The van der Waals surface area contributed by atoms with Crippen molar-refractivity contribution in [1.82, 2.24) is 0 Å². The lowest BCUT2D eigenvalue weighted by Gasteiger charge is -2.31. The second kappa shape index (κ2) is 9.82. The van der Waals surface area contributed by atoms with Gasteiger partial charge in [0, 0.05) is 30.9 Å². The highest BCUT2D eigenvalue weighted by atomic mass is 19.4. The Labute approximate surface area is 190 Å². The molecule has 2 aromatic carbocycles. The first-order chi connectivity index (χ1) is 15.8. The molecule has 0 saturated carbocycles. The van der Waals surface area contributed by atoms with Crippen LogP contribution >= 0.6 is 0 Å². The summed E-state index contributed by atoms with van der Waals surface area (Å²) in [5.74, 6) is -0.837. The number of ether oxygens (including phenoxy) is 1. The third-order valence-corrected chi connectivity index (χ3v) is 5.88. The number of carbonyl (C=O) groups excluding carboxylic acids is 2. The maximum absolute atomic E-state index is 13.3. The van der Waals surface area contributed by atoms with Crippen LogP contribution in [-0.2, 0) is 15.7 Å². The van der Waals surface area contributed by atoms with E-state index in [0.717, 1.165) is 50.9 Å². The van der Waals surface area contributed by atoms with E-state index in [-0.39, 0.29) is 17.2 Å². The zero-order valence-corrected chi connectivity index (χ0v) is 18.1. The van der Waals surface area contributed by atoms with Gasteiger partial charge in [0.05, 0.1) is 16.9 Å². The van der Waals surface area contributed by atoms with E-state index in [4.69, 9.17) is 4.74 Å². The lowest BCUT2D eigenvalue weighted by molar-refractivity contribution is -0.137. The molecular formula is C24H26F3N3O3. The van der Waals surface area contributed by atoms with Crippen LogP contribution in [0.3, 0.4) is 0 Å². The van der Waals surface area contributed by atoms with Crippen molar-refractivity contribution in [2.45, 2.75) is 44.4 Å². The number of hydrogen-bond acceptors (Lipinski definition) is 4. The number of piperidine rings is 1. The largest absolute Gasteiger partial charge is 0.416 e. The highest BCUT2D eigenvalue weighted by Crippen LogP contribution is 2.36. The number of hydrogen-bond donors (Lipinski definition) is 2. The molecule has 2 heterocycles. The summed E-state index contributed by atoms with van der Waals surface area (Å²) in [4.78, 5) is 27.2. The number of alkyl halides is 3. The Bertz CT molecular complexity index is 1010. The molecule has 2 N–H and O–H groups in total. The van der Waals surface area contributed by atoms with Crippen molar-refractivity contribution in [3.05, 3.63) is 53.6 Å². The van der Waals surface area contributed by atoms with Crippen LogP contribution in [0.1, 0.15) is 48.0 Å². The number of nitrogens with zero attached hydrogens (tertiary/aromatic N) is 1. The molecule has 33 heavy (non-hydrogen) atoms. The van der Waals surface area contributed by atoms with Crippen molar-refractivity contribution < 1.29 is 27.5 Å². The number of carbonyl (C=O) groups is 2. The van der Waals surface area contributed by atoms with Gasteiger partial charge >= 0.3 is 6.18 Å². The van der Waals surface area contributed by atoms with Gasteiger partial charge in [-0.1, -0.05) is 6.07 Å². The summed E-state index contributed by atoms with van der Waals surface area (Å²) in [6, 6.07) is 9.74. The number of nitrogens with one attached hydrogen (secondary N) is 2. The molecule has 0 spiro atoms. The topological polar surface area (TPSA) is 70.7 Å². The average molecular weight is 461 g/mol. The minimum atomic E-state index is -4.52. The van der Waals surface area contributed by atoms with Gasteiger partial charge in [0.25, 0.3) is 11.8 Å². The molecule has 0 aliphatic carbocycles. The van der Waals surface area contributed by atoms with Crippen LogP contribution in [0, 0.1) is 0 Å². The minimum Gasteiger partial charge on any atom is -0.370 e. The predicted molar refractivity (Wildman–Crippen MR) is 120 cm³/mol. The number of rotatable bonds is 5. The van der Waals surface area contributed by atoms with Gasteiger partial charge in [-0.25, -0.2) is 0 Å². The van der Waals surface area contributed by atoms with E-state index in [1.807, 2.05) is 4.90 Å². The van der Waals surface area contributed by atoms with Gasteiger partial charge in [-0.2, -0.15) is 13.2 Å². The Balaban J connectivity index is 1.55. The number of halogens is 3. The van der Waals surface area contributed by atoms with Crippen molar-refractivity contribution in [3.63, 3.8) is 0 Å². The Kier molecular flexibility index (Phi) is 6.88. The number of benzene rings is 2. The Morgan fingerprint density at radius 2 is 1.76 bits per heavy atom. The van der Waals surface area contributed by atoms with Gasteiger partial charge in [-0.05, 0) is 68.5 Å². The van der Waals surface area contributed by atoms with Gasteiger partial charge in [-0.15, -0.1) is 0 Å². The van der Waals surface area contributed by atoms with Crippen molar-refractivity contribution in [3.8, 4) is 0 Å². The van der Waals surface area contributed by atoms with E-state index < -0.39 is 23.8 Å². The van der Waals surface area contributed by atoms with Crippen LogP contribution in [0.15, 0.2) is 42.5 Å². The molecule has 2 aromatic rings. The molecule has 0 radical (unpaired) electrons. The van der Waals surface area contributed by atoms with Gasteiger partial charge < -0.3 is 20.3 Å². The van der Waals surface area contributed by atoms with Gasteiger partial charge in [-0.3, -0.25) is 9.59 Å². The molecular weight excluding hydrogens is 435 g/mol. The summed E-state index contributed by atoms with van der Waals surface area (Å²) < 4.78 is 45.3. The monoisotopic (exact) mass is 461 g/mol. The maximum atomic E-state index is 13.3. The number of amides is 2. The van der Waals surface area contributed by atoms with Crippen LogP contribution in [0.2, 0.25) is 0 Å². The summed E-state index contributed by atoms with van der Waals surface area (Å²) in [7, 11) is 0. The second-order valence-corrected chi connectivity index (χ2v) is 8.30. The number of anilines is 3. The van der Waals surface area contributed by atoms with E-state index in [2.05, 4.69) is 10.6 Å². The van der Waals surface area contributed by atoms with E-state index in [9.17, 15) is 22.8 Å². The molecule has 2 amide bonds. The fraction of sp³-hybridized carbons (Fsp3) is 0.417. The summed E-state index contributed by atoms with van der Waals surface area (Å²) >= 11 is 0. The van der Waals surface area contributed by atoms with Gasteiger partial charge in [0.15, 0.2) is 0 Å². The van der Waals surface area contributed by atoms with E-state index in [0.29, 0.717) is 24.4 Å². The van der Waals surface area contributed by atoms with E-state index >= 15 is 0 Å². The van der Waals surface area contributed by atoms with Gasteiger partial charge in [0.1, 0.15) is 6.10 Å². The Morgan fingerprint density at radius 3 is 2.45 bits per heavy atom. The molecule has 4 rings (SSSR count). The zero-order valence-electron chi connectivity index (χ0n) is 18.1. The average Bonchev–Trinajstić information content (AvgIpc) is 3.34.